The molecule has 1 nitrogen and oxygen atoms in total. The van der Waals surface area contributed by atoms with Crippen molar-refractivity contribution in [2.45, 2.75) is 37.4 Å². The van der Waals surface area contributed by atoms with E-state index in [1.54, 1.807) is 0 Å². The van der Waals surface area contributed by atoms with Crippen molar-refractivity contribution in [1.29, 1.82) is 0 Å². The predicted molar refractivity (Wildman–Crippen MR) is 109 cm³/mol. The Kier molecular flexibility index (Phi) is 9.94. The molecule has 0 saturated carbocycles. The number of rotatable bonds is 11. The first-order valence-corrected chi connectivity index (χ1v) is 10.9. The van der Waals surface area contributed by atoms with E-state index in [0.29, 0.717) is 15.0 Å². The Morgan fingerprint density at radius 3 is 2.33 bits per heavy atom. The van der Waals surface area contributed by atoms with Crippen LogP contribution in [0.4, 0.5) is 0 Å². The number of allylic oxidation sites excluding steroid dienone is 1. The van der Waals surface area contributed by atoms with Gasteiger partial charge >= 0.3 is 123 Å². The van der Waals surface area contributed by atoms with E-state index in [2.05, 4.69) is 84.0 Å². The minimum atomic E-state index is 0.642. The molecule has 24 heavy (non-hydrogen) atoms. The van der Waals surface area contributed by atoms with Crippen LogP contribution in [0.2, 0.25) is 5.32 Å². The molecule has 0 saturated heterocycles. The molecular formula is C22H27NSe. The van der Waals surface area contributed by atoms with Gasteiger partial charge in [-0.1, -0.05) is 30.3 Å². The summed E-state index contributed by atoms with van der Waals surface area (Å²) in [5, 5.41) is 1.34. The van der Waals surface area contributed by atoms with Crippen molar-refractivity contribution in [3.8, 4) is 0 Å². The zero-order valence-corrected chi connectivity index (χ0v) is 16.0. The molecule has 0 atom stereocenters. The van der Waals surface area contributed by atoms with E-state index in [0.717, 1.165) is 25.8 Å². The van der Waals surface area contributed by atoms with E-state index in [-0.39, 0.29) is 0 Å². The van der Waals surface area contributed by atoms with Gasteiger partial charge < -0.3 is 0 Å². The normalized spacial score (nSPS) is 11.5. The first-order valence-electron chi connectivity index (χ1n) is 8.83. The van der Waals surface area contributed by atoms with Gasteiger partial charge in [0.15, 0.2) is 0 Å². The van der Waals surface area contributed by atoms with E-state index in [1.807, 2.05) is 0 Å². The summed E-state index contributed by atoms with van der Waals surface area (Å²) in [5.74, 6) is 0. The van der Waals surface area contributed by atoms with E-state index in [4.69, 9.17) is 0 Å². The minimum absolute atomic E-state index is 0.642. The Labute approximate surface area is 153 Å². The number of hydrogen-bond acceptors (Lipinski definition) is 1. The number of benzene rings is 2. The van der Waals surface area contributed by atoms with Crippen molar-refractivity contribution in [2.24, 2.45) is 4.99 Å². The van der Waals surface area contributed by atoms with Crippen LogP contribution in [0.1, 0.15) is 37.7 Å². The molecule has 0 heterocycles. The Balaban J connectivity index is 1.42. The second-order valence-corrected chi connectivity index (χ2v) is 8.15. The Morgan fingerprint density at radius 1 is 0.792 bits per heavy atom. The molecule has 0 aliphatic rings. The van der Waals surface area contributed by atoms with Crippen molar-refractivity contribution in [1.82, 2.24) is 0 Å². The third kappa shape index (κ3) is 8.86. The average Bonchev–Trinajstić information content (AvgIpc) is 2.64. The van der Waals surface area contributed by atoms with Crippen molar-refractivity contribution in [3.63, 3.8) is 0 Å². The van der Waals surface area contributed by atoms with E-state index in [9.17, 15) is 0 Å². The van der Waals surface area contributed by atoms with Crippen LogP contribution in [0.5, 0.6) is 0 Å². The second kappa shape index (κ2) is 12.8. The van der Waals surface area contributed by atoms with Crippen LogP contribution < -0.4 is 4.46 Å². The van der Waals surface area contributed by atoms with Crippen LogP contribution in [-0.2, 0) is 0 Å². The standard InChI is InChI=1S/C22H27NSe/c1-5-13-21(14-6-1)15-7-3-10-18-23-19-11-4-12-20-24-22-16-8-2-9-17-22/h1-2,5-9,13-17,19H,3-4,10-12,18,20H2/b15-7+,23-19?. The van der Waals surface area contributed by atoms with Crippen LogP contribution in [0.3, 0.4) is 0 Å². The monoisotopic (exact) mass is 385 g/mol. The SMILES string of the molecule is C(CCCC[Se]c1ccccc1)=NCCC/C=C/c1ccccc1. The van der Waals surface area contributed by atoms with Gasteiger partial charge in [-0.25, -0.2) is 0 Å². The Morgan fingerprint density at radius 2 is 1.54 bits per heavy atom. The fourth-order valence-corrected chi connectivity index (χ4v) is 4.27. The summed E-state index contributed by atoms with van der Waals surface area (Å²) in [6, 6.07) is 21.3. The van der Waals surface area contributed by atoms with Gasteiger partial charge in [-0.05, 0) is 0 Å². The van der Waals surface area contributed by atoms with Gasteiger partial charge in [0, 0.05) is 0 Å². The molecule has 2 heteroatoms. The summed E-state index contributed by atoms with van der Waals surface area (Å²) in [5.41, 5.74) is 1.28. The molecule has 0 aliphatic heterocycles. The zero-order chi connectivity index (χ0) is 16.7. The number of nitrogens with zero attached hydrogens (tertiary/aromatic N) is 1. The van der Waals surface area contributed by atoms with Crippen molar-refractivity contribution >= 4 is 31.7 Å². The molecule has 0 spiro atoms. The van der Waals surface area contributed by atoms with Gasteiger partial charge in [-0.2, -0.15) is 0 Å². The summed E-state index contributed by atoms with van der Waals surface area (Å²) in [7, 11) is 0. The topological polar surface area (TPSA) is 12.4 Å². The van der Waals surface area contributed by atoms with Gasteiger partial charge in [0.25, 0.3) is 0 Å². The van der Waals surface area contributed by atoms with Crippen molar-refractivity contribution in [3.05, 3.63) is 72.3 Å². The third-order valence-electron chi connectivity index (χ3n) is 3.64. The van der Waals surface area contributed by atoms with Crippen LogP contribution >= 0.6 is 0 Å². The van der Waals surface area contributed by atoms with E-state index < -0.39 is 0 Å². The molecule has 0 amide bonds. The molecule has 0 N–H and O–H groups in total. The van der Waals surface area contributed by atoms with Crippen LogP contribution in [0, 0.1) is 0 Å². The summed E-state index contributed by atoms with van der Waals surface area (Å²) < 4.78 is 1.52. The number of unbranched alkanes of at least 4 members (excludes halogenated alkanes) is 3. The maximum absolute atomic E-state index is 4.52. The van der Waals surface area contributed by atoms with Gasteiger partial charge in [-0.3, -0.25) is 0 Å². The molecule has 0 aromatic heterocycles. The minimum Gasteiger partial charge on any atom is -0.0622 e. The van der Waals surface area contributed by atoms with Crippen LogP contribution in [0.15, 0.2) is 71.7 Å². The van der Waals surface area contributed by atoms with Crippen molar-refractivity contribution in [2.75, 3.05) is 6.54 Å². The molecule has 0 fully saturated rings. The molecule has 2 aromatic rings. The maximum atomic E-state index is 4.52. The molecule has 0 radical (unpaired) electrons. The first kappa shape index (κ1) is 18.7. The molecule has 2 rings (SSSR count). The molecule has 0 unspecified atom stereocenters. The fraction of sp³-hybridized carbons (Fsp3) is 0.318. The van der Waals surface area contributed by atoms with E-state index in [1.165, 1.54) is 28.2 Å². The molecule has 0 bridgehead atoms. The van der Waals surface area contributed by atoms with Gasteiger partial charge in [0.1, 0.15) is 0 Å². The van der Waals surface area contributed by atoms with Crippen LogP contribution in [0.25, 0.3) is 6.08 Å². The van der Waals surface area contributed by atoms with Crippen LogP contribution in [-0.4, -0.2) is 27.7 Å². The predicted octanol–water partition coefficient (Wildman–Crippen LogP) is 5.17. The fourth-order valence-electron chi connectivity index (χ4n) is 2.31. The average molecular weight is 384 g/mol. The van der Waals surface area contributed by atoms with E-state index >= 15 is 0 Å². The Hall–Kier alpha value is -1.63. The number of aliphatic imine (C=N–C) groups is 1. The summed E-state index contributed by atoms with van der Waals surface area (Å²) in [6.07, 6.45) is 12.5. The van der Waals surface area contributed by atoms with Gasteiger partial charge in [-0.15, -0.1) is 0 Å². The number of hydrogen-bond donors (Lipinski definition) is 0. The second-order valence-electron chi connectivity index (χ2n) is 5.70. The Bertz CT molecular complexity index is 590. The quantitative estimate of drug-likeness (QED) is 0.288. The van der Waals surface area contributed by atoms with Gasteiger partial charge in [0.05, 0.1) is 0 Å². The molecule has 126 valence electrons. The smallest absolute Gasteiger partial charge is 0.0622 e. The summed E-state index contributed by atoms with van der Waals surface area (Å²) >= 11 is 0.642. The molecular weight excluding hydrogens is 357 g/mol. The zero-order valence-electron chi connectivity index (χ0n) is 14.3. The first-order chi connectivity index (χ1) is 11.9. The molecule has 2 aromatic carbocycles. The van der Waals surface area contributed by atoms with Gasteiger partial charge in [0.2, 0.25) is 0 Å². The molecule has 0 aliphatic carbocycles. The third-order valence-corrected chi connectivity index (χ3v) is 5.94. The van der Waals surface area contributed by atoms with Crippen molar-refractivity contribution < 1.29 is 0 Å². The summed E-state index contributed by atoms with van der Waals surface area (Å²) in [4.78, 5) is 4.52. The summed E-state index contributed by atoms with van der Waals surface area (Å²) in [6.45, 7) is 0.951.